The van der Waals surface area contributed by atoms with Gasteiger partial charge < -0.3 is 60.7 Å². The Morgan fingerprint density at radius 3 is 1.22 bits per heavy atom. The molecule has 2 heterocycles. The molecule has 0 radical (unpaired) electrons. The van der Waals surface area contributed by atoms with Crippen LogP contribution in [-0.2, 0) is 9.47 Å². The first-order chi connectivity index (χ1) is 17.2. The number of hydrogen-bond acceptors (Lipinski definition) is 16. The van der Waals surface area contributed by atoms with E-state index in [1.54, 1.807) is 0 Å². The zero-order valence-corrected chi connectivity index (χ0v) is 21.1. The van der Waals surface area contributed by atoms with Crippen LogP contribution in [0.25, 0.3) is 0 Å². The summed E-state index contributed by atoms with van der Waals surface area (Å²) >= 11 is 1.78. The van der Waals surface area contributed by atoms with E-state index in [2.05, 4.69) is 10.3 Å². The first kappa shape index (κ1) is 31.5. The third-order valence-corrected chi connectivity index (χ3v) is 8.32. The Morgan fingerprint density at radius 2 is 0.917 bits per heavy atom. The van der Waals surface area contributed by atoms with Crippen molar-refractivity contribution >= 4 is 33.6 Å². The normalized spacial score (nSPS) is 38.3. The average molecular weight is 561 g/mol. The Hall–Kier alpha value is -0.760. The van der Waals surface area contributed by atoms with Crippen LogP contribution in [0.2, 0.25) is 0 Å². The highest BCUT2D eigenvalue weighted by Gasteiger charge is 2.45. The molecule has 2 saturated heterocycles. The van der Waals surface area contributed by atoms with Crippen molar-refractivity contribution in [2.24, 2.45) is 10.3 Å². The minimum absolute atomic E-state index is 0.245. The lowest BCUT2D eigenvalue weighted by atomic mass is 10.0. The SMILES string of the molecule is OC[C@H]1O[C@@H](S/C(CCCCCC/C(=N\O)S[C@@H]2O[C@H](CO)[C@@H](O)[C@H](O)[C@H]2O)=N/O)[C@H](O)[C@@H](O)[C@@H]1O. The minimum Gasteiger partial charge on any atom is -0.410 e. The first-order valence-electron chi connectivity index (χ1n) is 11.5. The predicted molar refractivity (Wildman–Crippen MR) is 129 cm³/mol. The molecule has 10 atom stereocenters. The van der Waals surface area contributed by atoms with E-state index >= 15 is 0 Å². The van der Waals surface area contributed by atoms with Crippen LogP contribution in [0, 0.1) is 0 Å². The lowest BCUT2D eigenvalue weighted by Crippen LogP contribution is -2.57. The van der Waals surface area contributed by atoms with Crippen molar-refractivity contribution in [1.29, 1.82) is 0 Å². The maximum atomic E-state index is 10.1. The van der Waals surface area contributed by atoms with Gasteiger partial charge in [-0.05, 0) is 25.7 Å². The third-order valence-electron chi connectivity index (χ3n) is 5.96. The minimum atomic E-state index is -1.52. The van der Waals surface area contributed by atoms with Gasteiger partial charge in [-0.25, -0.2) is 0 Å². The van der Waals surface area contributed by atoms with Crippen LogP contribution in [-0.4, -0.2) is 134 Å². The monoisotopic (exact) mass is 560 g/mol. The molecular weight excluding hydrogens is 524 g/mol. The molecule has 0 aromatic heterocycles. The van der Waals surface area contributed by atoms with E-state index in [0.29, 0.717) is 38.5 Å². The predicted octanol–water partition coefficient (Wildman–Crippen LogP) is -2.03. The van der Waals surface area contributed by atoms with Crippen molar-refractivity contribution in [1.82, 2.24) is 0 Å². The number of nitrogens with zero attached hydrogens (tertiary/aromatic N) is 2. The molecule has 0 aromatic carbocycles. The molecule has 210 valence electrons. The van der Waals surface area contributed by atoms with Crippen molar-refractivity contribution in [2.45, 2.75) is 98.2 Å². The number of hydrogen-bond donors (Lipinski definition) is 10. The molecule has 16 heteroatoms. The fourth-order valence-corrected chi connectivity index (χ4v) is 5.92. The van der Waals surface area contributed by atoms with Gasteiger partial charge in [0.25, 0.3) is 0 Å². The molecule has 14 nitrogen and oxygen atoms in total. The zero-order chi connectivity index (χ0) is 26.8. The van der Waals surface area contributed by atoms with E-state index in [-0.39, 0.29) is 10.1 Å². The largest absolute Gasteiger partial charge is 0.410 e. The third kappa shape index (κ3) is 8.37. The zero-order valence-electron chi connectivity index (χ0n) is 19.4. The molecule has 2 aliphatic rings. The second kappa shape index (κ2) is 15.6. The van der Waals surface area contributed by atoms with Crippen molar-refractivity contribution in [3.63, 3.8) is 0 Å². The van der Waals surface area contributed by atoms with Gasteiger partial charge in [0.15, 0.2) is 0 Å². The highest BCUT2D eigenvalue weighted by Crippen LogP contribution is 2.32. The number of aliphatic hydroxyl groups is 8. The molecule has 36 heavy (non-hydrogen) atoms. The van der Waals surface area contributed by atoms with Gasteiger partial charge in [-0.2, -0.15) is 0 Å². The summed E-state index contributed by atoms with van der Waals surface area (Å²) in [7, 11) is 0. The van der Waals surface area contributed by atoms with Gasteiger partial charge in [0, 0.05) is 0 Å². The van der Waals surface area contributed by atoms with Crippen LogP contribution in [0.5, 0.6) is 0 Å². The molecular formula is C20H36N2O12S2. The molecule has 2 rings (SSSR count). The van der Waals surface area contributed by atoms with Crippen LogP contribution in [0.4, 0.5) is 0 Å². The van der Waals surface area contributed by atoms with Crippen molar-refractivity contribution in [2.75, 3.05) is 13.2 Å². The van der Waals surface area contributed by atoms with E-state index < -0.39 is 72.9 Å². The molecule has 0 aliphatic carbocycles. The van der Waals surface area contributed by atoms with E-state index in [1.165, 1.54) is 0 Å². The fourth-order valence-electron chi connectivity index (χ4n) is 3.77. The second-order valence-electron chi connectivity index (χ2n) is 8.53. The summed E-state index contributed by atoms with van der Waals surface area (Å²) in [6.07, 6.45) is -7.65. The van der Waals surface area contributed by atoms with Gasteiger partial charge in [-0.3, -0.25) is 0 Å². The summed E-state index contributed by atoms with van der Waals surface area (Å²) in [4.78, 5) is 0. The van der Waals surface area contributed by atoms with Crippen molar-refractivity contribution < 1.29 is 60.7 Å². The van der Waals surface area contributed by atoms with Gasteiger partial charge in [-0.15, -0.1) is 0 Å². The maximum Gasteiger partial charge on any atom is 0.138 e. The lowest BCUT2D eigenvalue weighted by Gasteiger charge is -2.39. The Kier molecular flexibility index (Phi) is 13.6. The quantitative estimate of drug-likeness (QED) is 0.0430. The molecule has 0 amide bonds. The average Bonchev–Trinajstić information content (AvgIpc) is 2.88. The van der Waals surface area contributed by atoms with Crippen LogP contribution < -0.4 is 0 Å². The van der Waals surface area contributed by atoms with Crippen molar-refractivity contribution in [3.05, 3.63) is 0 Å². The summed E-state index contributed by atoms with van der Waals surface area (Å²) in [6.45, 7) is -1.11. The molecule has 0 aromatic rings. The van der Waals surface area contributed by atoms with Gasteiger partial charge in [0.1, 0.15) is 69.8 Å². The summed E-state index contributed by atoms with van der Waals surface area (Å²) in [5.74, 6) is 0. The summed E-state index contributed by atoms with van der Waals surface area (Å²) < 4.78 is 10.8. The number of unbranched alkanes of at least 4 members (excludes halogenated alkanes) is 3. The summed E-state index contributed by atoms with van der Waals surface area (Å²) in [6, 6.07) is 0. The molecule has 10 N–H and O–H groups in total. The topological polar surface area (TPSA) is 245 Å². The number of ether oxygens (including phenoxy) is 2. The maximum absolute atomic E-state index is 10.1. The highest BCUT2D eigenvalue weighted by molar-refractivity contribution is 8.14. The number of thioether (sulfide) groups is 2. The molecule has 2 aliphatic heterocycles. The van der Waals surface area contributed by atoms with Crippen molar-refractivity contribution in [3.8, 4) is 0 Å². The molecule has 0 unspecified atom stereocenters. The Balaban J connectivity index is 1.71. The fraction of sp³-hybridized carbons (Fsp3) is 0.900. The first-order valence-corrected chi connectivity index (χ1v) is 13.3. The van der Waals surface area contributed by atoms with Crippen LogP contribution in [0.15, 0.2) is 10.3 Å². The van der Waals surface area contributed by atoms with E-state index in [1.807, 2.05) is 0 Å². The lowest BCUT2D eigenvalue weighted by molar-refractivity contribution is -0.205. The van der Waals surface area contributed by atoms with Gasteiger partial charge >= 0.3 is 0 Å². The molecule has 2 fully saturated rings. The highest BCUT2D eigenvalue weighted by atomic mass is 32.2. The number of aliphatic hydroxyl groups excluding tert-OH is 8. The molecule has 0 spiro atoms. The van der Waals surface area contributed by atoms with E-state index in [9.17, 15) is 51.3 Å². The Labute approximate surface area is 216 Å². The number of rotatable bonds is 11. The van der Waals surface area contributed by atoms with Gasteiger partial charge in [0.2, 0.25) is 0 Å². The van der Waals surface area contributed by atoms with Gasteiger partial charge in [0.05, 0.1) is 13.2 Å². The molecule has 0 bridgehead atoms. The standard InChI is InChI=1S/C20H36N2O12S2/c23-7-9-13(25)15(27)17(29)19(33-9)35-11(21-31)5-3-1-2-4-6-12(22-32)36-20-18(30)16(28)14(26)10(8-24)34-20/h9-10,13-20,23-32H,1-8H2/b21-11+,22-12+/t9-,10-,13-,14-,15+,16+,17-,18-,19+,20+/m1/s1. The second-order valence-corrected chi connectivity index (χ2v) is 10.9. The Morgan fingerprint density at radius 1 is 0.556 bits per heavy atom. The van der Waals surface area contributed by atoms with Crippen LogP contribution in [0.3, 0.4) is 0 Å². The Bertz CT molecular complexity index is 658. The van der Waals surface area contributed by atoms with E-state index in [4.69, 9.17) is 9.47 Å². The van der Waals surface area contributed by atoms with E-state index in [0.717, 1.165) is 23.5 Å². The van der Waals surface area contributed by atoms with Crippen LogP contribution in [0.1, 0.15) is 38.5 Å². The summed E-state index contributed by atoms with van der Waals surface area (Å²) in [5, 5.41) is 104. The summed E-state index contributed by atoms with van der Waals surface area (Å²) in [5.41, 5.74) is -2.07. The molecule has 0 saturated carbocycles. The van der Waals surface area contributed by atoms with Gasteiger partial charge in [-0.1, -0.05) is 46.7 Å². The number of oxime groups is 2. The van der Waals surface area contributed by atoms with Crippen LogP contribution >= 0.6 is 23.5 Å². The smallest absolute Gasteiger partial charge is 0.138 e.